The first-order valence-corrected chi connectivity index (χ1v) is 6.23. The summed E-state index contributed by atoms with van der Waals surface area (Å²) in [5.74, 6) is 0.0207. The highest BCUT2D eigenvalue weighted by atomic mass is 16.4. The van der Waals surface area contributed by atoms with E-state index in [1.165, 1.54) is 4.90 Å². The molecule has 0 aromatic carbocycles. The largest absolute Gasteiger partial charge is 0.409 e. The van der Waals surface area contributed by atoms with Crippen molar-refractivity contribution in [2.75, 3.05) is 26.0 Å². The first-order chi connectivity index (χ1) is 9.36. The summed E-state index contributed by atoms with van der Waals surface area (Å²) in [4.78, 5) is 19.4. The Hall–Kier alpha value is -2.31. The van der Waals surface area contributed by atoms with Crippen molar-refractivity contribution in [3.8, 4) is 0 Å². The van der Waals surface area contributed by atoms with Crippen LogP contribution in [0.5, 0.6) is 0 Å². The van der Waals surface area contributed by atoms with Gasteiger partial charge in [0.25, 0.3) is 5.91 Å². The monoisotopic (exact) mass is 279 g/mol. The molecule has 7 heteroatoms. The molecule has 1 amide bonds. The number of oxime groups is 1. The molecular weight excluding hydrogens is 258 g/mol. The first-order valence-electron chi connectivity index (χ1n) is 6.23. The number of amides is 1. The number of aromatic nitrogens is 1. The van der Waals surface area contributed by atoms with Gasteiger partial charge in [-0.2, -0.15) is 0 Å². The highest BCUT2D eigenvalue weighted by molar-refractivity contribution is 5.92. The number of amidine groups is 1. The summed E-state index contributed by atoms with van der Waals surface area (Å²) in [6, 6.07) is 3.57. The van der Waals surface area contributed by atoms with Crippen LogP contribution >= 0.6 is 0 Å². The van der Waals surface area contributed by atoms with E-state index in [1.807, 2.05) is 24.9 Å². The predicted octanol–water partition coefficient (Wildman–Crippen LogP) is 0.745. The minimum Gasteiger partial charge on any atom is -0.409 e. The molecule has 0 aliphatic carbocycles. The Kier molecular flexibility index (Phi) is 5.31. The van der Waals surface area contributed by atoms with E-state index in [9.17, 15) is 4.79 Å². The lowest BCUT2D eigenvalue weighted by Gasteiger charge is -2.27. The van der Waals surface area contributed by atoms with Crippen molar-refractivity contribution < 1.29 is 10.0 Å². The van der Waals surface area contributed by atoms with E-state index >= 15 is 0 Å². The maximum Gasteiger partial charge on any atom is 0.272 e. The molecule has 1 heterocycles. The third-order valence-corrected chi connectivity index (χ3v) is 3.07. The standard InChI is InChI=1S/C13H21N5O2/c1-9(7-12(14)16-20)18(4)10-5-6-15-11(8-10)13(19)17(2)3/h5-6,8-9,20H,7H2,1-4H3,(H2,14,16). The van der Waals surface area contributed by atoms with Crippen LogP contribution in [-0.4, -0.2) is 54.0 Å². The van der Waals surface area contributed by atoms with Gasteiger partial charge in [-0.3, -0.25) is 9.78 Å². The molecule has 7 nitrogen and oxygen atoms in total. The van der Waals surface area contributed by atoms with Gasteiger partial charge in [0.1, 0.15) is 11.5 Å². The van der Waals surface area contributed by atoms with Crippen LogP contribution in [0, 0.1) is 0 Å². The number of nitrogens with two attached hydrogens (primary N) is 1. The number of hydrogen-bond acceptors (Lipinski definition) is 5. The van der Waals surface area contributed by atoms with Crippen LogP contribution < -0.4 is 10.6 Å². The third-order valence-electron chi connectivity index (χ3n) is 3.07. The van der Waals surface area contributed by atoms with Crippen LogP contribution in [0.15, 0.2) is 23.5 Å². The van der Waals surface area contributed by atoms with Gasteiger partial charge < -0.3 is 20.7 Å². The van der Waals surface area contributed by atoms with Crippen molar-refractivity contribution >= 4 is 17.4 Å². The maximum atomic E-state index is 11.9. The highest BCUT2D eigenvalue weighted by Crippen LogP contribution is 2.17. The summed E-state index contributed by atoms with van der Waals surface area (Å²) in [5, 5.41) is 11.6. The van der Waals surface area contributed by atoms with E-state index in [-0.39, 0.29) is 17.8 Å². The Morgan fingerprint density at radius 2 is 2.15 bits per heavy atom. The molecule has 0 radical (unpaired) electrons. The van der Waals surface area contributed by atoms with E-state index in [2.05, 4.69) is 10.1 Å². The lowest BCUT2D eigenvalue weighted by atomic mass is 10.1. The van der Waals surface area contributed by atoms with Crippen molar-refractivity contribution in [1.29, 1.82) is 0 Å². The summed E-state index contributed by atoms with van der Waals surface area (Å²) < 4.78 is 0. The quantitative estimate of drug-likeness (QED) is 0.359. The number of carbonyl (C=O) groups excluding carboxylic acids is 1. The van der Waals surface area contributed by atoms with Gasteiger partial charge in [0.2, 0.25) is 0 Å². The van der Waals surface area contributed by atoms with Crippen molar-refractivity contribution in [2.24, 2.45) is 10.9 Å². The minimum absolute atomic E-state index is 0.0237. The van der Waals surface area contributed by atoms with Gasteiger partial charge in [-0.25, -0.2) is 0 Å². The van der Waals surface area contributed by atoms with Crippen LogP contribution in [0.4, 0.5) is 5.69 Å². The molecule has 0 saturated carbocycles. The van der Waals surface area contributed by atoms with E-state index < -0.39 is 0 Å². The number of nitrogens with zero attached hydrogens (tertiary/aromatic N) is 4. The summed E-state index contributed by atoms with van der Waals surface area (Å²) >= 11 is 0. The van der Waals surface area contributed by atoms with Gasteiger partial charge in [-0.1, -0.05) is 5.16 Å². The number of anilines is 1. The molecule has 20 heavy (non-hydrogen) atoms. The van der Waals surface area contributed by atoms with Crippen LogP contribution in [0.1, 0.15) is 23.8 Å². The summed E-state index contributed by atoms with van der Waals surface area (Å²) in [6.45, 7) is 1.95. The van der Waals surface area contributed by atoms with Crippen molar-refractivity contribution in [3.63, 3.8) is 0 Å². The van der Waals surface area contributed by atoms with Crippen LogP contribution in [0.3, 0.4) is 0 Å². The van der Waals surface area contributed by atoms with E-state index in [4.69, 9.17) is 10.9 Å². The van der Waals surface area contributed by atoms with Gasteiger partial charge in [0.15, 0.2) is 0 Å². The van der Waals surface area contributed by atoms with Crippen molar-refractivity contribution in [3.05, 3.63) is 24.0 Å². The fraction of sp³-hybridized carbons (Fsp3) is 0.462. The summed E-state index contributed by atoms with van der Waals surface area (Å²) in [6.07, 6.45) is 2.02. The van der Waals surface area contributed by atoms with E-state index in [0.717, 1.165) is 5.69 Å². The SMILES string of the molecule is CC(CC(N)=NO)N(C)c1ccnc(C(=O)N(C)C)c1. The molecule has 1 aromatic heterocycles. The molecule has 110 valence electrons. The Morgan fingerprint density at radius 3 is 2.70 bits per heavy atom. The average molecular weight is 279 g/mol. The molecule has 1 rings (SSSR count). The molecule has 0 saturated heterocycles. The van der Waals surface area contributed by atoms with Crippen molar-refractivity contribution in [2.45, 2.75) is 19.4 Å². The highest BCUT2D eigenvalue weighted by Gasteiger charge is 2.15. The van der Waals surface area contributed by atoms with Crippen LogP contribution in [-0.2, 0) is 0 Å². The molecule has 0 aliphatic heterocycles. The smallest absolute Gasteiger partial charge is 0.272 e. The summed E-state index contributed by atoms with van der Waals surface area (Å²) in [7, 11) is 5.25. The lowest BCUT2D eigenvalue weighted by molar-refractivity contribution is 0.0822. The predicted molar refractivity (Wildman–Crippen MR) is 78.1 cm³/mol. The lowest BCUT2D eigenvalue weighted by Crippen LogP contribution is -2.33. The second-order valence-corrected chi connectivity index (χ2v) is 4.85. The second-order valence-electron chi connectivity index (χ2n) is 4.85. The van der Waals surface area contributed by atoms with Gasteiger partial charge >= 0.3 is 0 Å². The Balaban J connectivity index is 2.91. The molecular formula is C13H21N5O2. The molecule has 1 unspecified atom stereocenters. The zero-order chi connectivity index (χ0) is 15.3. The zero-order valence-corrected chi connectivity index (χ0v) is 12.2. The van der Waals surface area contributed by atoms with E-state index in [0.29, 0.717) is 12.1 Å². The molecule has 0 fully saturated rings. The molecule has 0 spiro atoms. The van der Waals surface area contributed by atoms with Crippen molar-refractivity contribution in [1.82, 2.24) is 9.88 Å². The van der Waals surface area contributed by atoms with Crippen LogP contribution in [0.2, 0.25) is 0 Å². The Bertz CT molecular complexity index is 501. The zero-order valence-electron chi connectivity index (χ0n) is 12.2. The molecule has 1 aromatic rings. The average Bonchev–Trinajstić information content (AvgIpc) is 2.45. The maximum absolute atomic E-state index is 11.9. The van der Waals surface area contributed by atoms with Gasteiger partial charge in [0, 0.05) is 45.5 Å². The van der Waals surface area contributed by atoms with Gasteiger partial charge in [0.05, 0.1) is 0 Å². The minimum atomic E-state index is -0.149. The molecule has 3 N–H and O–H groups in total. The molecule has 0 bridgehead atoms. The Labute approximate surface area is 118 Å². The number of rotatable bonds is 5. The fourth-order valence-electron chi connectivity index (χ4n) is 1.72. The normalized spacial score (nSPS) is 12.9. The number of pyridine rings is 1. The topological polar surface area (TPSA) is 95.0 Å². The number of hydrogen-bond donors (Lipinski definition) is 2. The second kappa shape index (κ2) is 6.74. The molecule has 0 aliphatic rings. The third kappa shape index (κ3) is 3.84. The van der Waals surface area contributed by atoms with Gasteiger partial charge in [-0.05, 0) is 19.1 Å². The van der Waals surface area contributed by atoms with Gasteiger partial charge in [-0.15, -0.1) is 0 Å². The fourth-order valence-corrected chi connectivity index (χ4v) is 1.72. The Morgan fingerprint density at radius 1 is 1.50 bits per heavy atom. The van der Waals surface area contributed by atoms with Crippen LogP contribution in [0.25, 0.3) is 0 Å². The molecule has 1 atom stereocenters. The van der Waals surface area contributed by atoms with E-state index in [1.54, 1.807) is 26.4 Å². The number of carbonyl (C=O) groups is 1. The first kappa shape index (κ1) is 15.7. The summed E-state index contributed by atoms with van der Waals surface area (Å²) in [5.41, 5.74) is 6.74.